The molecule has 2 aromatic carbocycles. The maximum Gasteiger partial charge on any atom is 0.411 e. The maximum absolute atomic E-state index is 11.8. The molecule has 6 nitrogen and oxygen atoms in total. The number of carbonyl (C=O) groups excluding carboxylic acids is 2. The summed E-state index contributed by atoms with van der Waals surface area (Å²) >= 11 is 0. The van der Waals surface area contributed by atoms with E-state index in [1.165, 1.54) is 7.11 Å². The molecule has 0 bridgehead atoms. The summed E-state index contributed by atoms with van der Waals surface area (Å²) in [4.78, 5) is 23.1. The molecule has 1 amide bonds. The number of amides is 1. The lowest BCUT2D eigenvalue weighted by atomic mass is 10.1. The van der Waals surface area contributed by atoms with Gasteiger partial charge in [0.05, 0.1) is 7.11 Å². The Balaban J connectivity index is 1.82. The van der Waals surface area contributed by atoms with Crippen LogP contribution in [0.4, 0.5) is 10.5 Å². The number of hydrogen-bond donors (Lipinski definition) is 2. The Morgan fingerprint density at radius 3 is 2.33 bits per heavy atom. The van der Waals surface area contributed by atoms with E-state index in [4.69, 9.17) is 10.5 Å². The number of benzene rings is 2. The highest BCUT2D eigenvalue weighted by atomic mass is 16.5. The topological polar surface area (TPSA) is 90.6 Å². The average molecular weight is 328 g/mol. The van der Waals surface area contributed by atoms with Gasteiger partial charge >= 0.3 is 12.1 Å². The lowest BCUT2D eigenvalue weighted by Crippen LogP contribution is -2.33. The Morgan fingerprint density at radius 2 is 1.71 bits per heavy atom. The summed E-state index contributed by atoms with van der Waals surface area (Å²) < 4.78 is 9.73. The van der Waals surface area contributed by atoms with Gasteiger partial charge in [-0.05, 0) is 29.7 Å². The van der Waals surface area contributed by atoms with Gasteiger partial charge in [0, 0.05) is 5.69 Å². The van der Waals surface area contributed by atoms with Gasteiger partial charge in [0.15, 0.2) is 0 Å². The minimum absolute atomic E-state index is 0.207. The highest BCUT2D eigenvalue weighted by Gasteiger charge is 2.14. The highest BCUT2D eigenvalue weighted by molar-refractivity contribution is 5.84. The highest BCUT2D eigenvalue weighted by Crippen LogP contribution is 2.12. The molecule has 0 unspecified atom stereocenters. The normalized spacial score (nSPS) is 11.4. The smallest absolute Gasteiger partial charge is 0.411 e. The van der Waals surface area contributed by atoms with Gasteiger partial charge in [-0.1, -0.05) is 42.5 Å². The van der Waals surface area contributed by atoms with E-state index in [0.29, 0.717) is 12.1 Å². The lowest BCUT2D eigenvalue weighted by Gasteiger charge is -2.10. The predicted molar refractivity (Wildman–Crippen MR) is 90.4 cm³/mol. The first-order valence-corrected chi connectivity index (χ1v) is 7.48. The molecule has 0 saturated carbocycles. The van der Waals surface area contributed by atoms with E-state index < -0.39 is 18.1 Å². The Bertz CT molecular complexity index is 671. The number of esters is 1. The van der Waals surface area contributed by atoms with Gasteiger partial charge in [-0.2, -0.15) is 0 Å². The molecule has 0 fully saturated rings. The van der Waals surface area contributed by atoms with Crippen LogP contribution in [0.25, 0.3) is 0 Å². The molecule has 0 radical (unpaired) electrons. The van der Waals surface area contributed by atoms with Crippen molar-refractivity contribution in [3.05, 3.63) is 65.7 Å². The van der Waals surface area contributed by atoms with Crippen LogP contribution < -0.4 is 11.1 Å². The number of carbonyl (C=O) groups is 2. The molecule has 0 heterocycles. The number of rotatable bonds is 6. The first-order chi connectivity index (χ1) is 11.6. The van der Waals surface area contributed by atoms with Crippen molar-refractivity contribution in [1.82, 2.24) is 0 Å². The molecule has 0 saturated heterocycles. The van der Waals surface area contributed by atoms with Crippen LogP contribution in [0.1, 0.15) is 11.1 Å². The van der Waals surface area contributed by atoms with Crippen LogP contribution in [0.15, 0.2) is 54.6 Å². The minimum atomic E-state index is -0.704. The third-order valence-corrected chi connectivity index (χ3v) is 3.37. The molecular formula is C18H20N2O4. The number of methoxy groups -OCH3 is 1. The summed E-state index contributed by atoms with van der Waals surface area (Å²) in [5.74, 6) is -0.457. The van der Waals surface area contributed by atoms with E-state index in [9.17, 15) is 9.59 Å². The van der Waals surface area contributed by atoms with Gasteiger partial charge < -0.3 is 15.2 Å². The molecule has 24 heavy (non-hydrogen) atoms. The zero-order chi connectivity index (χ0) is 17.4. The van der Waals surface area contributed by atoms with Crippen molar-refractivity contribution < 1.29 is 19.1 Å². The summed E-state index contributed by atoms with van der Waals surface area (Å²) in [7, 11) is 1.30. The molecule has 0 aliphatic carbocycles. The van der Waals surface area contributed by atoms with E-state index in [-0.39, 0.29) is 6.61 Å². The fourth-order valence-electron chi connectivity index (χ4n) is 2.09. The standard InChI is InChI=1S/C18H20N2O4/c1-23-17(21)16(19)11-13-7-9-15(10-8-13)20-18(22)24-12-14-5-3-2-4-6-14/h2-10,16H,11-12,19H2,1H3,(H,20,22)/t16-/m0/s1. The van der Waals surface area contributed by atoms with Crippen LogP contribution in [0.2, 0.25) is 0 Å². The summed E-state index contributed by atoms with van der Waals surface area (Å²) in [6.07, 6.45) is -0.163. The number of hydrogen-bond acceptors (Lipinski definition) is 5. The van der Waals surface area contributed by atoms with Gasteiger partial charge in [-0.3, -0.25) is 10.1 Å². The minimum Gasteiger partial charge on any atom is -0.468 e. The zero-order valence-electron chi connectivity index (χ0n) is 13.4. The first kappa shape index (κ1) is 17.5. The van der Waals surface area contributed by atoms with Crippen molar-refractivity contribution in [2.75, 3.05) is 12.4 Å². The summed E-state index contributed by atoms with van der Waals surface area (Å²) in [5, 5.41) is 2.64. The van der Waals surface area contributed by atoms with Crippen LogP contribution in [-0.4, -0.2) is 25.2 Å². The predicted octanol–water partition coefficient (Wildman–Crippen LogP) is 2.48. The molecule has 0 aliphatic heterocycles. The Hall–Kier alpha value is -2.86. The monoisotopic (exact) mass is 328 g/mol. The van der Waals surface area contributed by atoms with E-state index in [1.807, 2.05) is 30.3 Å². The first-order valence-electron chi connectivity index (χ1n) is 7.48. The van der Waals surface area contributed by atoms with Crippen molar-refractivity contribution in [2.24, 2.45) is 5.73 Å². The Morgan fingerprint density at radius 1 is 1.04 bits per heavy atom. The largest absolute Gasteiger partial charge is 0.468 e. The molecule has 2 aromatic rings. The summed E-state index contributed by atoms with van der Waals surface area (Å²) in [6, 6.07) is 15.8. The molecule has 1 atom stereocenters. The zero-order valence-corrected chi connectivity index (χ0v) is 13.4. The van der Waals surface area contributed by atoms with E-state index in [2.05, 4.69) is 10.1 Å². The number of nitrogens with two attached hydrogens (primary N) is 1. The van der Waals surface area contributed by atoms with Crippen molar-refractivity contribution in [2.45, 2.75) is 19.1 Å². The molecule has 0 spiro atoms. The van der Waals surface area contributed by atoms with Crippen LogP contribution in [0.3, 0.4) is 0 Å². The van der Waals surface area contributed by atoms with Crippen LogP contribution in [-0.2, 0) is 27.3 Å². The van der Waals surface area contributed by atoms with Crippen molar-refractivity contribution in [3.8, 4) is 0 Å². The van der Waals surface area contributed by atoms with Gasteiger partial charge in [-0.15, -0.1) is 0 Å². The fraction of sp³-hybridized carbons (Fsp3) is 0.222. The average Bonchev–Trinajstić information content (AvgIpc) is 2.61. The second-order valence-electron chi connectivity index (χ2n) is 5.22. The second-order valence-corrected chi connectivity index (χ2v) is 5.22. The molecule has 0 aliphatic rings. The Labute approximate surface area is 140 Å². The molecule has 2 rings (SSSR count). The van der Waals surface area contributed by atoms with Gasteiger partial charge in [0.2, 0.25) is 0 Å². The van der Waals surface area contributed by atoms with Crippen molar-refractivity contribution in [3.63, 3.8) is 0 Å². The summed E-state index contributed by atoms with van der Waals surface area (Å²) in [6.45, 7) is 0.207. The summed E-state index contributed by atoms with van der Waals surface area (Å²) in [5.41, 5.74) is 8.10. The fourth-order valence-corrected chi connectivity index (χ4v) is 2.09. The Kier molecular flexibility index (Phi) is 6.33. The van der Waals surface area contributed by atoms with Crippen LogP contribution in [0.5, 0.6) is 0 Å². The molecular weight excluding hydrogens is 308 g/mol. The molecule has 0 aromatic heterocycles. The van der Waals surface area contributed by atoms with E-state index in [1.54, 1.807) is 24.3 Å². The quantitative estimate of drug-likeness (QED) is 0.795. The van der Waals surface area contributed by atoms with E-state index >= 15 is 0 Å². The number of anilines is 1. The molecule has 126 valence electrons. The SMILES string of the molecule is COC(=O)[C@@H](N)Cc1ccc(NC(=O)OCc2ccccc2)cc1. The molecule has 6 heteroatoms. The van der Waals surface area contributed by atoms with Crippen LogP contribution >= 0.6 is 0 Å². The third-order valence-electron chi connectivity index (χ3n) is 3.37. The third kappa shape index (κ3) is 5.40. The number of nitrogens with one attached hydrogen (secondary N) is 1. The number of ether oxygens (including phenoxy) is 2. The van der Waals surface area contributed by atoms with Gasteiger partial charge in [-0.25, -0.2) is 4.79 Å². The van der Waals surface area contributed by atoms with E-state index in [0.717, 1.165) is 11.1 Å². The van der Waals surface area contributed by atoms with Gasteiger partial charge in [0.1, 0.15) is 12.6 Å². The van der Waals surface area contributed by atoms with Gasteiger partial charge in [0.25, 0.3) is 0 Å². The maximum atomic E-state index is 11.8. The van der Waals surface area contributed by atoms with Crippen molar-refractivity contribution >= 4 is 17.7 Å². The van der Waals surface area contributed by atoms with Crippen molar-refractivity contribution in [1.29, 1.82) is 0 Å². The lowest BCUT2D eigenvalue weighted by molar-refractivity contribution is -0.142. The van der Waals surface area contributed by atoms with Crippen LogP contribution in [0, 0.1) is 0 Å². The molecule has 3 N–H and O–H groups in total. The second kappa shape index (κ2) is 8.69.